The third kappa shape index (κ3) is 2.90. The van der Waals surface area contributed by atoms with Crippen molar-refractivity contribution in [3.63, 3.8) is 0 Å². The zero-order valence-corrected chi connectivity index (χ0v) is 14.7. The van der Waals surface area contributed by atoms with Crippen LogP contribution in [0.3, 0.4) is 0 Å². The molecule has 1 saturated heterocycles. The minimum atomic E-state index is 0.412. The molecule has 2 aromatic heterocycles. The van der Waals surface area contributed by atoms with Crippen molar-refractivity contribution in [2.75, 3.05) is 18.1 Å². The molecule has 3 heterocycles. The molecule has 1 aliphatic carbocycles. The normalized spacial score (nSPS) is 20.5. The third-order valence-electron chi connectivity index (χ3n) is 5.29. The summed E-state index contributed by atoms with van der Waals surface area (Å²) < 4.78 is 7.49. The maximum Gasteiger partial charge on any atom is 0.132 e. The molecule has 2 aromatic rings. The monoisotopic (exact) mass is 327 g/mol. The smallest absolute Gasteiger partial charge is 0.132 e. The number of rotatable bonds is 5. The second kappa shape index (κ2) is 6.16. The Balaban J connectivity index is 1.62. The van der Waals surface area contributed by atoms with Gasteiger partial charge in [-0.3, -0.25) is 4.68 Å². The van der Waals surface area contributed by atoms with E-state index >= 15 is 0 Å². The molecule has 1 aliphatic heterocycles. The van der Waals surface area contributed by atoms with Gasteiger partial charge in [0.05, 0.1) is 18.0 Å². The van der Waals surface area contributed by atoms with Crippen LogP contribution in [-0.4, -0.2) is 39.0 Å². The molecule has 6 nitrogen and oxygen atoms in total. The number of hydrogen-bond donors (Lipinski definition) is 0. The third-order valence-corrected chi connectivity index (χ3v) is 5.29. The molecule has 1 saturated carbocycles. The highest BCUT2D eigenvalue weighted by Crippen LogP contribution is 2.34. The lowest BCUT2D eigenvalue weighted by atomic mass is 10.0. The van der Waals surface area contributed by atoms with Gasteiger partial charge in [-0.05, 0) is 33.1 Å². The number of anilines is 1. The van der Waals surface area contributed by atoms with Gasteiger partial charge in [-0.15, -0.1) is 0 Å². The van der Waals surface area contributed by atoms with E-state index in [0.29, 0.717) is 12.0 Å². The van der Waals surface area contributed by atoms with E-state index in [1.54, 1.807) is 6.33 Å². The van der Waals surface area contributed by atoms with Crippen molar-refractivity contribution in [3.05, 3.63) is 35.0 Å². The molecule has 0 unspecified atom stereocenters. The van der Waals surface area contributed by atoms with Gasteiger partial charge < -0.3 is 9.64 Å². The maximum absolute atomic E-state index is 5.52. The first kappa shape index (κ1) is 15.6. The highest BCUT2D eigenvalue weighted by molar-refractivity contribution is 5.45. The van der Waals surface area contributed by atoms with E-state index < -0.39 is 0 Å². The van der Waals surface area contributed by atoms with Crippen LogP contribution in [0.5, 0.6) is 0 Å². The lowest BCUT2D eigenvalue weighted by Crippen LogP contribution is -2.27. The highest BCUT2D eigenvalue weighted by Gasteiger charge is 2.32. The average molecular weight is 327 g/mol. The number of aryl methyl sites for hydroxylation is 2. The van der Waals surface area contributed by atoms with Gasteiger partial charge in [0.1, 0.15) is 12.1 Å². The predicted molar refractivity (Wildman–Crippen MR) is 92.1 cm³/mol. The van der Waals surface area contributed by atoms with E-state index in [0.717, 1.165) is 43.4 Å². The Hall–Kier alpha value is -1.95. The quantitative estimate of drug-likeness (QED) is 0.844. The summed E-state index contributed by atoms with van der Waals surface area (Å²) in [4.78, 5) is 11.5. The minimum absolute atomic E-state index is 0.412. The SMILES string of the molecule is Cc1nn(C)c(C)c1CN(c1cc([C@@H]2CCOC2)ncn1)C1CC1. The highest BCUT2D eigenvalue weighted by atomic mass is 16.5. The molecule has 0 bridgehead atoms. The average Bonchev–Trinajstić information content (AvgIpc) is 3.20. The fourth-order valence-electron chi connectivity index (χ4n) is 3.51. The van der Waals surface area contributed by atoms with E-state index in [2.05, 4.69) is 39.9 Å². The molecule has 0 aromatic carbocycles. The van der Waals surface area contributed by atoms with Crippen molar-refractivity contribution in [2.24, 2.45) is 7.05 Å². The summed E-state index contributed by atoms with van der Waals surface area (Å²) in [6.45, 7) is 6.72. The van der Waals surface area contributed by atoms with Crippen LogP contribution in [0.4, 0.5) is 5.82 Å². The van der Waals surface area contributed by atoms with Crippen molar-refractivity contribution in [1.82, 2.24) is 19.7 Å². The molecule has 0 radical (unpaired) electrons. The fraction of sp³-hybridized carbons (Fsp3) is 0.611. The van der Waals surface area contributed by atoms with Gasteiger partial charge >= 0.3 is 0 Å². The lowest BCUT2D eigenvalue weighted by molar-refractivity contribution is 0.193. The van der Waals surface area contributed by atoms with Crippen molar-refractivity contribution in [3.8, 4) is 0 Å². The summed E-state index contributed by atoms with van der Waals surface area (Å²) in [6.07, 6.45) is 5.25. The van der Waals surface area contributed by atoms with Gasteiger partial charge in [-0.1, -0.05) is 0 Å². The first-order chi connectivity index (χ1) is 11.6. The predicted octanol–water partition coefficient (Wildman–Crippen LogP) is 2.50. The zero-order chi connectivity index (χ0) is 16.7. The molecule has 0 N–H and O–H groups in total. The first-order valence-corrected chi connectivity index (χ1v) is 8.79. The minimum Gasteiger partial charge on any atom is -0.381 e. The standard InChI is InChI=1S/C18H25N5O/c1-12-16(13(2)22(3)21-12)9-23(15-4-5-15)18-8-17(19-11-20-18)14-6-7-24-10-14/h8,11,14-15H,4-7,9-10H2,1-3H3/t14-/m1/s1. The van der Waals surface area contributed by atoms with E-state index in [-0.39, 0.29) is 0 Å². The van der Waals surface area contributed by atoms with Crippen LogP contribution in [0.25, 0.3) is 0 Å². The second-order valence-corrected chi connectivity index (χ2v) is 6.99. The molecule has 2 fully saturated rings. The molecule has 0 amide bonds. The molecule has 24 heavy (non-hydrogen) atoms. The fourth-order valence-corrected chi connectivity index (χ4v) is 3.51. The van der Waals surface area contributed by atoms with E-state index in [1.165, 1.54) is 24.1 Å². The molecule has 1 atom stereocenters. The molecular weight excluding hydrogens is 302 g/mol. The van der Waals surface area contributed by atoms with Crippen molar-refractivity contribution in [1.29, 1.82) is 0 Å². The van der Waals surface area contributed by atoms with Crippen LogP contribution < -0.4 is 4.90 Å². The van der Waals surface area contributed by atoms with Crippen LogP contribution >= 0.6 is 0 Å². The van der Waals surface area contributed by atoms with E-state index in [9.17, 15) is 0 Å². The van der Waals surface area contributed by atoms with Crippen LogP contribution in [0.1, 0.15) is 47.8 Å². The van der Waals surface area contributed by atoms with E-state index in [4.69, 9.17) is 4.74 Å². The number of ether oxygens (including phenoxy) is 1. The number of nitrogens with zero attached hydrogens (tertiary/aromatic N) is 5. The summed E-state index contributed by atoms with van der Waals surface area (Å²) in [5.41, 5.74) is 4.77. The first-order valence-electron chi connectivity index (χ1n) is 8.79. The van der Waals surface area contributed by atoms with Gasteiger partial charge in [0, 0.05) is 49.5 Å². The summed E-state index contributed by atoms with van der Waals surface area (Å²) in [5, 5.41) is 4.56. The summed E-state index contributed by atoms with van der Waals surface area (Å²) in [6, 6.07) is 2.75. The van der Waals surface area contributed by atoms with Crippen molar-refractivity contribution < 1.29 is 4.74 Å². The number of hydrogen-bond acceptors (Lipinski definition) is 5. The maximum atomic E-state index is 5.52. The van der Waals surface area contributed by atoms with Crippen LogP contribution in [0.15, 0.2) is 12.4 Å². The molecule has 4 rings (SSSR count). The lowest BCUT2D eigenvalue weighted by Gasteiger charge is -2.24. The van der Waals surface area contributed by atoms with Gasteiger partial charge in [0.2, 0.25) is 0 Å². The number of aromatic nitrogens is 4. The van der Waals surface area contributed by atoms with Crippen LogP contribution in [0, 0.1) is 13.8 Å². The van der Waals surface area contributed by atoms with Gasteiger partial charge in [0.25, 0.3) is 0 Å². The molecule has 6 heteroatoms. The Morgan fingerprint density at radius 3 is 2.71 bits per heavy atom. The molecule has 2 aliphatic rings. The Labute approximate surface area is 142 Å². The molecule has 0 spiro atoms. The van der Waals surface area contributed by atoms with Gasteiger partial charge in [-0.25, -0.2) is 9.97 Å². The summed E-state index contributed by atoms with van der Waals surface area (Å²) in [5.74, 6) is 1.45. The topological polar surface area (TPSA) is 56.1 Å². The Kier molecular flexibility index (Phi) is 4.00. The largest absolute Gasteiger partial charge is 0.381 e. The van der Waals surface area contributed by atoms with Crippen molar-refractivity contribution >= 4 is 5.82 Å². The summed E-state index contributed by atoms with van der Waals surface area (Å²) in [7, 11) is 2.01. The Bertz CT molecular complexity index is 731. The Morgan fingerprint density at radius 1 is 1.25 bits per heavy atom. The van der Waals surface area contributed by atoms with Gasteiger partial charge in [-0.2, -0.15) is 5.10 Å². The molecular formula is C18H25N5O. The zero-order valence-electron chi connectivity index (χ0n) is 14.7. The second-order valence-electron chi connectivity index (χ2n) is 6.99. The van der Waals surface area contributed by atoms with Crippen LogP contribution in [-0.2, 0) is 18.3 Å². The van der Waals surface area contributed by atoms with Crippen LogP contribution in [0.2, 0.25) is 0 Å². The Morgan fingerprint density at radius 2 is 2.08 bits per heavy atom. The molecule has 128 valence electrons. The summed E-state index contributed by atoms with van der Waals surface area (Å²) >= 11 is 0. The van der Waals surface area contributed by atoms with Gasteiger partial charge in [0.15, 0.2) is 0 Å². The van der Waals surface area contributed by atoms with E-state index in [1.807, 2.05) is 11.7 Å². The van der Waals surface area contributed by atoms with Crippen molar-refractivity contribution in [2.45, 2.75) is 51.6 Å².